The van der Waals surface area contributed by atoms with Gasteiger partial charge in [-0.2, -0.15) is 0 Å². The normalized spacial score (nSPS) is 12.3. The number of aromatic hydroxyl groups is 1. The van der Waals surface area contributed by atoms with Gasteiger partial charge in [-0.3, -0.25) is 0 Å². The van der Waals surface area contributed by atoms with Crippen molar-refractivity contribution < 1.29 is 15.0 Å². The van der Waals surface area contributed by atoms with Gasteiger partial charge in [-0.05, 0) is 39.5 Å². The average Bonchev–Trinajstić information content (AvgIpc) is 2.85. The number of rotatable bonds is 3. The molecule has 94 valence electrons. The number of aromatic carboxylic acids is 1. The summed E-state index contributed by atoms with van der Waals surface area (Å²) in [5, 5.41) is 20.8. The lowest BCUT2D eigenvalue weighted by Crippen LogP contribution is -2.12. The zero-order valence-electron chi connectivity index (χ0n) is 9.13. The third kappa shape index (κ3) is 2.40. The average molecular weight is 328 g/mol. The number of nitrogens with two attached hydrogens (primary N) is 1. The Morgan fingerprint density at radius 3 is 2.72 bits per heavy atom. The molecule has 4 N–H and O–H groups in total. The molecule has 0 aliphatic rings. The van der Waals surface area contributed by atoms with Crippen LogP contribution in [0.25, 0.3) is 0 Å². The van der Waals surface area contributed by atoms with E-state index in [1.165, 1.54) is 23.5 Å². The number of carboxylic acids is 1. The first-order chi connectivity index (χ1) is 8.50. The summed E-state index contributed by atoms with van der Waals surface area (Å²) in [4.78, 5) is 11.8. The van der Waals surface area contributed by atoms with Crippen molar-refractivity contribution in [1.29, 1.82) is 0 Å². The fraction of sp³-hybridized carbons (Fsp3) is 0.0833. The molecule has 0 radical (unpaired) electrons. The molecular formula is C12H10BrNO3S. The second-order valence-corrected chi connectivity index (χ2v) is 5.53. The first-order valence-corrected chi connectivity index (χ1v) is 6.72. The Labute approximate surface area is 116 Å². The van der Waals surface area contributed by atoms with Crippen molar-refractivity contribution in [2.45, 2.75) is 6.04 Å². The summed E-state index contributed by atoms with van der Waals surface area (Å²) in [7, 11) is 0. The number of carboxylic acid groups (broad SMARTS) is 1. The molecule has 0 unspecified atom stereocenters. The van der Waals surface area contributed by atoms with Crippen LogP contribution < -0.4 is 5.73 Å². The number of hydrogen-bond donors (Lipinski definition) is 3. The third-order valence-corrected chi connectivity index (χ3v) is 4.08. The molecule has 2 rings (SSSR count). The fourth-order valence-corrected chi connectivity index (χ4v) is 2.82. The lowest BCUT2D eigenvalue weighted by Gasteiger charge is -2.14. The van der Waals surface area contributed by atoms with Gasteiger partial charge in [-0.15, -0.1) is 11.3 Å². The number of phenolic OH excluding ortho intramolecular Hbond substituents is 1. The molecule has 2 aromatic rings. The number of benzene rings is 1. The van der Waals surface area contributed by atoms with E-state index >= 15 is 0 Å². The molecule has 0 amide bonds. The van der Waals surface area contributed by atoms with Crippen molar-refractivity contribution in [3.05, 3.63) is 50.1 Å². The number of halogens is 1. The molecule has 0 aliphatic carbocycles. The summed E-state index contributed by atoms with van der Waals surface area (Å²) < 4.78 is 0.324. The first-order valence-electron chi connectivity index (χ1n) is 5.05. The predicted molar refractivity (Wildman–Crippen MR) is 73.1 cm³/mol. The first kappa shape index (κ1) is 13.1. The number of carbonyl (C=O) groups is 1. The van der Waals surface area contributed by atoms with Crippen molar-refractivity contribution in [2.75, 3.05) is 0 Å². The third-order valence-electron chi connectivity index (χ3n) is 2.52. The Morgan fingerprint density at radius 1 is 1.44 bits per heavy atom. The van der Waals surface area contributed by atoms with Gasteiger partial charge in [0, 0.05) is 10.4 Å². The molecule has 0 saturated carbocycles. The highest BCUT2D eigenvalue weighted by Crippen LogP contribution is 2.36. The molecule has 1 heterocycles. The zero-order valence-corrected chi connectivity index (χ0v) is 11.5. The summed E-state index contributed by atoms with van der Waals surface area (Å²) in [6, 6.07) is 5.90. The SMILES string of the molecule is N[C@@H](c1cccs1)c1cc(C(=O)O)cc(Br)c1O. The van der Waals surface area contributed by atoms with E-state index in [4.69, 9.17) is 10.8 Å². The lowest BCUT2D eigenvalue weighted by molar-refractivity contribution is 0.0696. The van der Waals surface area contributed by atoms with Crippen LogP contribution in [0.4, 0.5) is 0 Å². The molecule has 18 heavy (non-hydrogen) atoms. The maximum atomic E-state index is 11.0. The Hall–Kier alpha value is -1.37. The quantitative estimate of drug-likeness (QED) is 0.809. The van der Waals surface area contributed by atoms with Crippen LogP contribution in [0.2, 0.25) is 0 Å². The smallest absolute Gasteiger partial charge is 0.335 e. The van der Waals surface area contributed by atoms with Crippen LogP contribution >= 0.6 is 27.3 Å². The Balaban J connectivity index is 2.53. The molecule has 0 saturated heterocycles. The lowest BCUT2D eigenvalue weighted by atomic mass is 10.0. The highest BCUT2D eigenvalue weighted by atomic mass is 79.9. The molecule has 1 aromatic carbocycles. The minimum atomic E-state index is -1.06. The molecular weight excluding hydrogens is 318 g/mol. The van der Waals surface area contributed by atoms with Crippen LogP contribution in [0.5, 0.6) is 5.75 Å². The standard InChI is InChI=1S/C12H10BrNO3S/c13-8-5-6(12(16)17)4-7(11(8)15)10(14)9-2-1-3-18-9/h1-5,10,15H,14H2,(H,16,17)/t10-/m1/s1. The fourth-order valence-electron chi connectivity index (χ4n) is 1.60. The van der Waals surface area contributed by atoms with E-state index in [9.17, 15) is 9.90 Å². The zero-order chi connectivity index (χ0) is 13.3. The van der Waals surface area contributed by atoms with Gasteiger partial charge in [-0.25, -0.2) is 4.79 Å². The minimum absolute atomic E-state index is 0.0269. The van der Waals surface area contributed by atoms with E-state index in [0.717, 1.165) is 4.88 Å². The molecule has 0 spiro atoms. The van der Waals surface area contributed by atoms with E-state index in [2.05, 4.69) is 15.9 Å². The predicted octanol–water partition coefficient (Wildman–Crippen LogP) is 2.96. The van der Waals surface area contributed by atoms with Crippen LogP contribution in [0.3, 0.4) is 0 Å². The van der Waals surface area contributed by atoms with Gasteiger partial charge in [0.25, 0.3) is 0 Å². The van der Waals surface area contributed by atoms with E-state index in [1.54, 1.807) is 0 Å². The maximum absolute atomic E-state index is 11.0. The topological polar surface area (TPSA) is 83.6 Å². The summed E-state index contributed by atoms with van der Waals surface area (Å²) in [6.45, 7) is 0. The van der Waals surface area contributed by atoms with Gasteiger partial charge in [0.05, 0.1) is 16.1 Å². The van der Waals surface area contributed by atoms with E-state index in [0.29, 0.717) is 10.0 Å². The van der Waals surface area contributed by atoms with Crippen LogP contribution in [0, 0.1) is 0 Å². The summed E-state index contributed by atoms with van der Waals surface area (Å²) in [6.07, 6.45) is 0. The second-order valence-electron chi connectivity index (χ2n) is 3.69. The molecule has 4 nitrogen and oxygen atoms in total. The largest absolute Gasteiger partial charge is 0.506 e. The van der Waals surface area contributed by atoms with Crippen molar-refractivity contribution in [3.63, 3.8) is 0 Å². The molecule has 6 heteroatoms. The van der Waals surface area contributed by atoms with Gasteiger partial charge >= 0.3 is 5.97 Å². The van der Waals surface area contributed by atoms with Crippen molar-refractivity contribution in [3.8, 4) is 5.75 Å². The summed E-state index contributed by atoms with van der Waals surface area (Å²) in [5.41, 5.74) is 6.51. The summed E-state index contributed by atoms with van der Waals surface area (Å²) >= 11 is 4.59. The van der Waals surface area contributed by atoms with Crippen LogP contribution in [-0.2, 0) is 0 Å². The molecule has 1 aromatic heterocycles. The molecule has 0 fully saturated rings. The Bertz CT molecular complexity index is 583. The highest BCUT2D eigenvalue weighted by Gasteiger charge is 2.19. The monoisotopic (exact) mass is 327 g/mol. The minimum Gasteiger partial charge on any atom is -0.506 e. The van der Waals surface area contributed by atoms with E-state index in [-0.39, 0.29) is 11.3 Å². The second kappa shape index (κ2) is 5.09. The van der Waals surface area contributed by atoms with Gasteiger partial charge in [-0.1, -0.05) is 6.07 Å². The van der Waals surface area contributed by atoms with Crippen molar-refractivity contribution in [2.24, 2.45) is 5.73 Å². The van der Waals surface area contributed by atoms with Gasteiger partial charge in [0.15, 0.2) is 0 Å². The Morgan fingerprint density at radius 2 is 2.17 bits per heavy atom. The molecule has 1 atom stereocenters. The maximum Gasteiger partial charge on any atom is 0.335 e. The molecule has 0 bridgehead atoms. The van der Waals surface area contributed by atoms with Gasteiger partial charge in [0.1, 0.15) is 5.75 Å². The molecule has 0 aliphatic heterocycles. The van der Waals surface area contributed by atoms with Gasteiger partial charge in [0.2, 0.25) is 0 Å². The Kier molecular flexibility index (Phi) is 3.70. The van der Waals surface area contributed by atoms with Crippen LogP contribution in [0.1, 0.15) is 26.8 Å². The van der Waals surface area contributed by atoms with E-state index < -0.39 is 12.0 Å². The van der Waals surface area contributed by atoms with Crippen LogP contribution in [-0.4, -0.2) is 16.2 Å². The number of thiophene rings is 1. The number of hydrogen-bond acceptors (Lipinski definition) is 4. The highest BCUT2D eigenvalue weighted by molar-refractivity contribution is 9.10. The number of phenols is 1. The van der Waals surface area contributed by atoms with E-state index in [1.807, 2.05) is 17.5 Å². The van der Waals surface area contributed by atoms with Crippen molar-refractivity contribution in [1.82, 2.24) is 0 Å². The van der Waals surface area contributed by atoms with Crippen molar-refractivity contribution >= 4 is 33.2 Å². The van der Waals surface area contributed by atoms with Crippen LogP contribution in [0.15, 0.2) is 34.1 Å². The van der Waals surface area contributed by atoms with Gasteiger partial charge < -0.3 is 15.9 Å². The summed E-state index contributed by atoms with van der Waals surface area (Å²) in [5.74, 6) is -1.09.